The van der Waals surface area contributed by atoms with Gasteiger partial charge in [-0.3, -0.25) is 14.4 Å². The smallest absolute Gasteiger partial charge is 0.306 e. The Labute approximate surface area is 348 Å². The van der Waals surface area contributed by atoms with E-state index in [-0.39, 0.29) is 31.1 Å². The quantitative estimate of drug-likeness (QED) is 0.0348. The van der Waals surface area contributed by atoms with Gasteiger partial charge in [-0.2, -0.15) is 0 Å². The van der Waals surface area contributed by atoms with Crippen LogP contribution < -0.4 is 0 Å². The zero-order valence-corrected chi connectivity index (χ0v) is 38.4. The summed E-state index contributed by atoms with van der Waals surface area (Å²) in [5.41, 5.74) is 0. The van der Waals surface area contributed by atoms with Gasteiger partial charge in [-0.1, -0.05) is 228 Å². The standard InChI is InChI=1S/C50H96O6/c1-7-46(6)38-32-26-20-14-11-12-15-21-27-33-39-48(51)54-42-47(43-55-49(52)40-34-28-23-17-19-25-31-37-45(4)5)56-50(53)41-35-29-22-16-10-8-9-13-18-24-30-36-44(2)3/h44-47H,7-43H2,1-6H3/t46?,47-/m1/s1. The minimum Gasteiger partial charge on any atom is -0.462 e. The van der Waals surface area contributed by atoms with Gasteiger partial charge in [0.2, 0.25) is 0 Å². The maximum absolute atomic E-state index is 12.8. The third-order valence-corrected chi connectivity index (χ3v) is 11.5. The van der Waals surface area contributed by atoms with Gasteiger partial charge in [-0.05, 0) is 37.0 Å². The van der Waals surface area contributed by atoms with Crippen LogP contribution in [0.5, 0.6) is 0 Å². The normalized spacial score (nSPS) is 12.6. The van der Waals surface area contributed by atoms with Crippen molar-refractivity contribution < 1.29 is 28.6 Å². The van der Waals surface area contributed by atoms with Crippen molar-refractivity contribution in [2.24, 2.45) is 17.8 Å². The molecule has 0 aliphatic carbocycles. The van der Waals surface area contributed by atoms with Crippen LogP contribution >= 0.6 is 0 Å². The molecule has 0 aromatic heterocycles. The first-order valence-electron chi connectivity index (χ1n) is 24.6. The third-order valence-electron chi connectivity index (χ3n) is 11.5. The molecule has 0 aromatic rings. The second-order valence-corrected chi connectivity index (χ2v) is 18.3. The zero-order chi connectivity index (χ0) is 41.3. The molecule has 0 radical (unpaired) electrons. The first-order chi connectivity index (χ1) is 27.1. The highest BCUT2D eigenvalue weighted by Crippen LogP contribution is 2.18. The van der Waals surface area contributed by atoms with Crippen LogP contribution in [0.4, 0.5) is 0 Å². The van der Waals surface area contributed by atoms with Crippen molar-refractivity contribution in [3.8, 4) is 0 Å². The zero-order valence-electron chi connectivity index (χ0n) is 38.4. The fourth-order valence-corrected chi connectivity index (χ4v) is 7.38. The van der Waals surface area contributed by atoms with Crippen molar-refractivity contribution in [1.29, 1.82) is 0 Å². The minimum absolute atomic E-state index is 0.0657. The van der Waals surface area contributed by atoms with Gasteiger partial charge >= 0.3 is 17.9 Å². The Morgan fingerprint density at radius 3 is 0.929 bits per heavy atom. The maximum Gasteiger partial charge on any atom is 0.306 e. The van der Waals surface area contributed by atoms with Crippen molar-refractivity contribution >= 4 is 17.9 Å². The number of hydrogen-bond acceptors (Lipinski definition) is 6. The molecular formula is C50H96O6. The Morgan fingerprint density at radius 1 is 0.357 bits per heavy atom. The molecule has 1 unspecified atom stereocenters. The molecule has 6 heteroatoms. The predicted octanol–water partition coefficient (Wildman–Crippen LogP) is 15.6. The van der Waals surface area contributed by atoms with E-state index in [2.05, 4.69) is 41.5 Å². The minimum atomic E-state index is -0.762. The summed E-state index contributed by atoms with van der Waals surface area (Å²) < 4.78 is 16.8. The lowest BCUT2D eigenvalue weighted by atomic mass is 9.99. The lowest BCUT2D eigenvalue weighted by Crippen LogP contribution is -2.30. The Kier molecular flexibility index (Phi) is 40.4. The van der Waals surface area contributed by atoms with E-state index in [1.807, 2.05) is 0 Å². The van der Waals surface area contributed by atoms with Crippen molar-refractivity contribution in [3.05, 3.63) is 0 Å². The van der Waals surface area contributed by atoms with E-state index in [4.69, 9.17) is 14.2 Å². The summed E-state index contributed by atoms with van der Waals surface area (Å²) in [7, 11) is 0. The van der Waals surface area contributed by atoms with Crippen LogP contribution in [0.2, 0.25) is 0 Å². The van der Waals surface area contributed by atoms with Gasteiger partial charge in [-0.25, -0.2) is 0 Å². The van der Waals surface area contributed by atoms with E-state index in [0.29, 0.717) is 19.3 Å². The fourth-order valence-electron chi connectivity index (χ4n) is 7.38. The third kappa shape index (κ3) is 42.0. The summed E-state index contributed by atoms with van der Waals surface area (Å²) in [6.07, 6.45) is 39.5. The topological polar surface area (TPSA) is 78.9 Å². The largest absolute Gasteiger partial charge is 0.462 e. The molecule has 0 aliphatic rings. The van der Waals surface area contributed by atoms with E-state index in [1.54, 1.807) is 0 Å². The molecule has 0 fully saturated rings. The van der Waals surface area contributed by atoms with Gasteiger partial charge in [0.15, 0.2) is 6.10 Å². The summed E-state index contributed by atoms with van der Waals surface area (Å²) in [6, 6.07) is 0. The number of unbranched alkanes of at least 4 members (excludes halogenated alkanes) is 25. The van der Waals surface area contributed by atoms with Crippen LogP contribution in [0, 0.1) is 17.8 Å². The number of rotatable bonds is 43. The number of ether oxygens (including phenoxy) is 3. The van der Waals surface area contributed by atoms with E-state index in [9.17, 15) is 14.4 Å². The number of hydrogen-bond donors (Lipinski definition) is 0. The number of esters is 3. The van der Waals surface area contributed by atoms with Crippen molar-refractivity contribution in [2.45, 2.75) is 272 Å². The maximum atomic E-state index is 12.8. The Balaban J connectivity index is 4.33. The molecular weight excluding hydrogens is 697 g/mol. The first-order valence-corrected chi connectivity index (χ1v) is 24.6. The highest BCUT2D eigenvalue weighted by atomic mass is 16.6. The molecule has 56 heavy (non-hydrogen) atoms. The molecule has 0 amide bonds. The van der Waals surface area contributed by atoms with Crippen LogP contribution in [0.25, 0.3) is 0 Å². The summed E-state index contributed by atoms with van der Waals surface area (Å²) in [5, 5.41) is 0. The molecule has 332 valence electrons. The molecule has 0 rings (SSSR count). The molecule has 0 N–H and O–H groups in total. The number of carbonyl (C=O) groups is 3. The average Bonchev–Trinajstić information content (AvgIpc) is 3.16. The Hall–Kier alpha value is -1.59. The van der Waals surface area contributed by atoms with Crippen LogP contribution in [0.3, 0.4) is 0 Å². The van der Waals surface area contributed by atoms with Crippen molar-refractivity contribution in [3.63, 3.8) is 0 Å². The van der Waals surface area contributed by atoms with Crippen molar-refractivity contribution in [2.75, 3.05) is 13.2 Å². The van der Waals surface area contributed by atoms with Crippen LogP contribution in [-0.4, -0.2) is 37.2 Å². The molecule has 6 nitrogen and oxygen atoms in total. The summed E-state index contributed by atoms with van der Waals surface area (Å²) in [4.78, 5) is 37.8. The molecule has 0 saturated heterocycles. The van der Waals surface area contributed by atoms with Crippen LogP contribution in [-0.2, 0) is 28.6 Å². The molecule has 0 bridgehead atoms. The van der Waals surface area contributed by atoms with Gasteiger partial charge in [0.1, 0.15) is 13.2 Å². The Morgan fingerprint density at radius 2 is 0.625 bits per heavy atom. The van der Waals surface area contributed by atoms with E-state index in [1.165, 1.54) is 148 Å². The number of carbonyl (C=O) groups excluding carboxylic acids is 3. The first kappa shape index (κ1) is 54.4. The lowest BCUT2D eigenvalue weighted by molar-refractivity contribution is -0.167. The van der Waals surface area contributed by atoms with Crippen LogP contribution in [0.1, 0.15) is 266 Å². The van der Waals surface area contributed by atoms with Crippen molar-refractivity contribution in [1.82, 2.24) is 0 Å². The summed E-state index contributed by atoms with van der Waals surface area (Å²) in [5.74, 6) is 1.62. The second kappa shape index (κ2) is 41.6. The SMILES string of the molecule is CCC(C)CCCCCCCCCCCCC(=O)OC[C@H](COC(=O)CCCCCCCCCC(C)C)OC(=O)CCCCCCCCCCCCCC(C)C. The highest BCUT2D eigenvalue weighted by molar-refractivity contribution is 5.71. The van der Waals surface area contributed by atoms with Gasteiger partial charge < -0.3 is 14.2 Å². The molecule has 0 spiro atoms. The van der Waals surface area contributed by atoms with Gasteiger partial charge in [0.25, 0.3) is 0 Å². The molecule has 0 saturated carbocycles. The molecule has 0 aliphatic heterocycles. The van der Waals surface area contributed by atoms with Gasteiger partial charge in [0.05, 0.1) is 0 Å². The van der Waals surface area contributed by atoms with Gasteiger partial charge in [-0.15, -0.1) is 0 Å². The lowest BCUT2D eigenvalue weighted by Gasteiger charge is -2.18. The second-order valence-electron chi connectivity index (χ2n) is 18.3. The summed E-state index contributed by atoms with van der Waals surface area (Å²) >= 11 is 0. The van der Waals surface area contributed by atoms with E-state index in [0.717, 1.165) is 75.5 Å². The average molecular weight is 793 g/mol. The predicted molar refractivity (Wildman–Crippen MR) is 238 cm³/mol. The fraction of sp³-hybridized carbons (Fsp3) is 0.940. The molecule has 0 heterocycles. The van der Waals surface area contributed by atoms with E-state index >= 15 is 0 Å². The highest BCUT2D eigenvalue weighted by Gasteiger charge is 2.19. The van der Waals surface area contributed by atoms with Gasteiger partial charge in [0, 0.05) is 19.3 Å². The van der Waals surface area contributed by atoms with E-state index < -0.39 is 6.10 Å². The molecule has 2 atom stereocenters. The summed E-state index contributed by atoms with van der Waals surface area (Å²) in [6.45, 7) is 13.7. The molecule has 0 aromatic carbocycles. The Bertz CT molecular complexity index is 870. The monoisotopic (exact) mass is 793 g/mol. The van der Waals surface area contributed by atoms with Crippen LogP contribution in [0.15, 0.2) is 0 Å².